The lowest BCUT2D eigenvalue weighted by Crippen LogP contribution is -2.55. The molecule has 0 aromatic rings. The Balaban J connectivity index is 4.05. The van der Waals surface area contributed by atoms with E-state index < -0.39 is 8.80 Å². The van der Waals surface area contributed by atoms with Crippen molar-refractivity contribution >= 4 is 8.80 Å². The van der Waals surface area contributed by atoms with Gasteiger partial charge in [0.1, 0.15) is 0 Å². The highest BCUT2D eigenvalue weighted by Gasteiger charge is 2.39. The molecule has 0 bridgehead atoms. The molecule has 5 nitrogen and oxygen atoms in total. The number of rotatable bonds is 12. The van der Waals surface area contributed by atoms with Gasteiger partial charge in [0, 0.05) is 32.9 Å². The second-order valence-corrected chi connectivity index (χ2v) is 6.10. The Morgan fingerprint density at radius 2 is 1.24 bits per heavy atom. The smallest absolute Gasteiger partial charge is 0.373 e. The van der Waals surface area contributed by atoms with Gasteiger partial charge in [0.25, 0.3) is 0 Å². The van der Waals surface area contributed by atoms with Crippen molar-refractivity contribution in [2.75, 3.05) is 45.6 Å². The second-order valence-electron chi connectivity index (χ2n) is 3.51. The van der Waals surface area contributed by atoms with Crippen LogP contribution in [0.25, 0.3) is 0 Å². The van der Waals surface area contributed by atoms with E-state index in [2.05, 4.69) is 17.6 Å². The van der Waals surface area contributed by atoms with Gasteiger partial charge in [0.15, 0.2) is 0 Å². The normalized spacial score (nSPS) is 12.0. The fourth-order valence-electron chi connectivity index (χ4n) is 1.53. The largest absolute Gasteiger partial charge is 0.515 e. The molecule has 0 saturated carbocycles. The monoisotopic (exact) mass is 264 g/mol. The molecule has 0 unspecified atom stereocenters. The van der Waals surface area contributed by atoms with Crippen molar-refractivity contribution in [3.8, 4) is 0 Å². The number of nitrogens with one attached hydrogen (secondary N) is 2. The summed E-state index contributed by atoms with van der Waals surface area (Å²) in [7, 11) is -2.49. The maximum Gasteiger partial charge on any atom is 0.515 e. The molecule has 0 fully saturated rings. The quantitative estimate of drug-likeness (QED) is 0.403. The molecule has 0 aliphatic carbocycles. The maximum atomic E-state index is 5.73. The van der Waals surface area contributed by atoms with Crippen LogP contribution in [0.15, 0.2) is 0 Å². The first-order valence-electron chi connectivity index (χ1n) is 6.57. The molecular weight excluding hydrogens is 236 g/mol. The lowest BCUT2D eigenvalue weighted by atomic mass is 10.6. The van der Waals surface area contributed by atoms with E-state index in [9.17, 15) is 0 Å². The van der Waals surface area contributed by atoms with Gasteiger partial charge in [-0.1, -0.05) is 6.92 Å². The highest BCUT2D eigenvalue weighted by molar-refractivity contribution is 6.60. The summed E-state index contributed by atoms with van der Waals surface area (Å²) >= 11 is 0. The van der Waals surface area contributed by atoms with Crippen LogP contribution in [0, 0.1) is 0 Å². The average molecular weight is 264 g/mol. The first kappa shape index (κ1) is 17.0. The van der Waals surface area contributed by atoms with Crippen molar-refractivity contribution in [2.24, 2.45) is 0 Å². The lowest BCUT2D eigenvalue weighted by molar-refractivity contribution is 0.0702. The van der Waals surface area contributed by atoms with E-state index in [1.54, 1.807) is 0 Å². The zero-order valence-corrected chi connectivity index (χ0v) is 12.7. The van der Waals surface area contributed by atoms with Crippen molar-refractivity contribution in [1.29, 1.82) is 0 Å². The van der Waals surface area contributed by atoms with Gasteiger partial charge in [-0.15, -0.1) is 0 Å². The molecule has 0 aliphatic heterocycles. The molecule has 0 atom stereocenters. The summed E-state index contributed by atoms with van der Waals surface area (Å²) in [6.45, 7) is 12.7. The Hall–Kier alpha value is 0.0169. The Bertz CT molecular complexity index is 156. The number of hydrogen-bond acceptors (Lipinski definition) is 5. The van der Waals surface area contributed by atoms with E-state index in [1.165, 1.54) is 0 Å². The molecule has 17 heavy (non-hydrogen) atoms. The Labute approximate surface area is 107 Å². The van der Waals surface area contributed by atoms with Gasteiger partial charge in [-0.2, -0.15) is 0 Å². The number of hydrogen-bond donors (Lipinski definition) is 2. The molecule has 0 spiro atoms. The van der Waals surface area contributed by atoms with Gasteiger partial charge >= 0.3 is 8.80 Å². The van der Waals surface area contributed by atoms with Crippen LogP contribution >= 0.6 is 0 Å². The molecular formula is C11H28N2O3Si. The third kappa shape index (κ3) is 7.85. The van der Waals surface area contributed by atoms with Crippen LogP contribution in [-0.2, 0) is 13.3 Å². The van der Waals surface area contributed by atoms with E-state index in [0.717, 1.165) is 19.6 Å². The summed E-state index contributed by atoms with van der Waals surface area (Å²) in [6.07, 6.45) is 0.675. The molecule has 0 amide bonds. The molecule has 0 aromatic heterocycles. The lowest BCUT2D eigenvalue weighted by Gasteiger charge is -2.28. The molecule has 6 heteroatoms. The summed E-state index contributed by atoms with van der Waals surface area (Å²) in [5.74, 6) is 0. The fraction of sp³-hybridized carbons (Fsp3) is 1.00. The minimum absolute atomic E-state index is 0.626. The summed E-state index contributed by atoms with van der Waals surface area (Å²) in [5, 5.41) is 6.60. The van der Waals surface area contributed by atoms with Crippen LogP contribution in [0.4, 0.5) is 0 Å². The standard InChI is InChI=1S/C11H28N2O3Si/c1-5-12-9-10-13-11-17(14-6-2,15-7-3)16-8-4/h12-13H,5-11H2,1-4H3. The molecule has 2 N–H and O–H groups in total. The summed E-state index contributed by atoms with van der Waals surface area (Å²) in [5.41, 5.74) is 0. The summed E-state index contributed by atoms with van der Waals surface area (Å²) in [6, 6.07) is 0. The highest BCUT2D eigenvalue weighted by Crippen LogP contribution is 2.08. The van der Waals surface area contributed by atoms with Crippen LogP contribution in [0.2, 0.25) is 0 Å². The summed E-state index contributed by atoms with van der Waals surface area (Å²) < 4.78 is 17.2. The predicted molar refractivity (Wildman–Crippen MR) is 72.0 cm³/mol. The van der Waals surface area contributed by atoms with Gasteiger partial charge in [0.05, 0.1) is 6.17 Å². The third-order valence-corrected chi connectivity index (χ3v) is 5.03. The van der Waals surface area contributed by atoms with E-state index in [4.69, 9.17) is 13.3 Å². The molecule has 0 aromatic carbocycles. The van der Waals surface area contributed by atoms with Crippen LogP contribution in [0.5, 0.6) is 0 Å². The fourth-order valence-corrected chi connectivity index (χ4v) is 3.89. The van der Waals surface area contributed by atoms with Crippen LogP contribution in [0.3, 0.4) is 0 Å². The molecule has 104 valence electrons. The topological polar surface area (TPSA) is 51.8 Å². The van der Waals surface area contributed by atoms with Gasteiger partial charge in [0.2, 0.25) is 0 Å². The van der Waals surface area contributed by atoms with Crippen LogP contribution in [0.1, 0.15) is 27.7 Å². The van der Waals surface area contributed by atoms with Gasteiger partial charge in [-0.25, -0.2) is 0 Å². The van der Waals surface area contributed by atoms with E-state index >= 15 is 0 Å². The first-order chi connectivity index (χ1) is 8.24. The zero-order chi connectivity index (χ0) is 13.0. The van der Waals surface area contributed by atoms with Crippen molar-refractivity contribution in [2.45, 2.75) is 27.7 Å². The molecule has 0 radical (unpaired) electrons. The average Bonchev–Trinajstić information content (AvgIpc) is 2.30. The van der Waals surface area contributed by atoms with Gasteiger partial charge in [-0.05, 0) is 27.3 Å². The van der Waals surface area contributed by atoms with Crippen molar-refractivity contribution < 1.29 is 13.3 Å². The zero-order valence-electron chi connectivity index (χ0n) is 11.7. The van der Waals surface area contributed by atoms with E-state index in [0.29, 0.717) is 26.0 Å². The third-order valence-electron chi connectivity index (χ3n) is 2.16. The first-order valence-corrected chi connectivity index (χ1v) is 8.51. The Kier molecular flexibility index (Phi) is 11.1. The molecule has 0 aliphatic rings. The number of likely N-dealkylation sites (N-methyl/N-ethyl adjacent to an activating group) is 1. The molecule has 0 rings (SSSR count). The van der Waals surface area contributed by atoms with E-state index in [-0.39, 0.29) is 0 Å². The predicted octanol–water partition coefficient (Wildman–Crippen LogP) is 0.773. The van der Waals surface area contributed by atoms with Gasteiger partial charge in [-0.3, -0.25) is 0 Å². The van der Waals surface area contributed by atoms with Crippen molar-refractivity contribution in [3.63, 3.8) is 0 Å². The van der Waals surface area contributed by atoms with E-state index in [1.807, 2.05) is 20.8 Å². The summed E-state index contributed by atoms with van der Waals surface area (Å²) in [4.78, 5) is 0. The van der Waals surface area contributed by atoms with Gasteiger partial charge < -0.3 is 23.9 Å². The SMILES string of the molecule is CCNCCNC[Si](OCC)(OCC)OCC. The maximum absolute atomic E-state index is 5.73. The minimum atomic E-state index is -2.49. The van der Waals surface area contributed by atoms with Crippen LogP contribution in [-0.4, -0.2) is 54.4 Å². The highest BCUT2D eigenvalue weighted by atomic mass is 28.4. The Morgan fingerprint density at radius 3 is 1.65 bits per heavy atom. The molecule has 0 heterocycles. The Morgan fingerprint density at radius 1 is 0.765 bits per heavy atom. The van der Waals surface area contributed by atoms with Crippen molar-refractivity contribution in [1.82, 2.24) is 10.6 Å². The second kappa shape index (κ2) is 11.1. The minimum Gasteiger partial charge on any atom is -0.373 e. The molecule has 0 saturated heterocycles. The van der Waals surface area contributed by atoms with Crippen molar-refractivity contribution in [3.05, 3.63) is 0 Å². The van der Waals surface area contributed by atoms with Crippen LogP contribution < -0.4 is 10.6 Å².